The number of hydrogen-bond donors (Lipinski definition) is 0. The number of benzene rings is 1. The van der Waals surface area contributed by atoms with Crippen molar-refractivity contribution in [3.63, 3.8) is 0 Å². The molecular weight excluding hydrogens is 298 g/mol. The molecule has 2 heteroatoms. The molecule has 1 unspecified atom stereocenters. The number of anilines is 1. The smallest absolute Gasteiger partial charge is 0.0786 e. The number of para-hydroxylation sites is 1. The lowest BCUT2D eigenvalue weighted by molar-refractivity contribution is 0.0672. The standard InChI is InChI=1S/C21H27NS/c1-13-9-8-10-16-17(13)22-14(2)15-11-12-23-18(15)21(22,7)20(5,6)19(16,3)4/h8-12,14H,1-7H3/t14-,21?/m0/s1. The van der Waals surface area contributed by atoms with Gasteiger partial charge >= 0.3 is 0 Å². The summed E-state index contributed by atoms with van der Waals surface area (Å²) in [4.78, 5) is 4.29. The molecular formula is C21H27NS. The van der Waals surface area contributed by atoms with Crippen molar-refractivity contribution in [2.45, 2.75) is 65.5 Å². The number of thiophene rings is 1. The molecule has 0 fully saturated rings. The fourth-order valence-corrected chi connectivity index (χ4v) is 6.42. The second-order valence-corrected chi connectivity index (χ2v) is 9.46. The quantitative estimate of drug-likeness (QED) is 0.560. The molecule has 23 heavy (non-hydrogen) atoms. The first-order chi connectivity index (χ1) is 10.7. The van der Waals surface area contributed by atoms with Crippen LogP contribution in [0.3, 0.4) is 0 Å². The number of fused-ring (bicyclic) bond motifs is 5. The van der Waals surface area contributed by atoms with Crippen molar-refractivity contribution in [1.82, 2.24) is 0 Å². The summed E-state index contributed by atoms with van der Waals surface area (Å²) in [5.74, 6) is 0. The molecule has 0 saturated heterocycles. The first-order valence-corrected chi connectivity index (χ1v) is 9.51. The van der Waals surface area contributed by atoms with Crippen LogP contribution in [-0.2, 0) is 11.0 Å². The summed E-state index contributed by atoms with van der Waals surface area (Å²) in [5.41, 5.74) is 6.18. The molecule has 0 aliphatic carbocycles. The van der Waals surface area contributed by atoms with Crippen LogP contribution < -0.4 is 4.90 Å². The molecule has 0 radical (unpaired) electrons. The van der Waals surface area contributed by atoms with E-state index in [1.165, 1.54) is 22.4 Å². The lowest BCUT2D eigenvalue weighted by atomic mass is 9.52. The Morgan fingerprint density at radius 2 is 1.74 bits per heavy atom. The number of aryl methyl sites for hydroxylation is 1. The van der Waals surface area contributed by atoms with Gasteiger partial charge in [0.2, 0.25) is 0 Å². The van der Waals surface area contributed by atoms with Crippen LogP contribution >= 0.6 is 11.3 Å². The van der Waals surface area contributed by atoms with Crippen molar-refractivity contribution in [3.8, 4) is 0 Å². The van der Waals surface area contributed by atoms with Crippen molar-refractivity contribution in [2.24, 2.45) is 5.41 Å². The van der Waals surface area contributed by atoms with Crippen molar-refractivity contribution in [2.75, 3.05) is 4.90 Å². The van der Waals surface area contributed by atoms with Gasteiger partial charge in [0.15, 0.2) is 0 Å². The highest BCUT2D eigenvalue weighted by Gasteiger charge is 2.64. The van der Waals surface area contributed by atoms with E-state index in [9.17, 15) is 0 Å². The summed E-state index contributed by atoms with van der Waals surface area (Å²) in [6.07, 6.45) is 0. The zero-order valence-corrected chi connectivity index (χ0v) is 16.1. The van der Waals surface area contributed by atoms with E-state index in [4.69, 9.17) is 0 Å². The SMILES string of the molecule is Cc1cccc2c1N1[C@@H](C)c3ccsc3C1(C)C(C)(C)C2(C)C. The second kappa shape index (κ2) is 4.22. The van der Waals surface area contributed by atoms with Crippen molar-refractivity contribution < 1.29 is 0 Å². The Balaban J connectivity index is 2.15. The monoisotopic (exact) mass is 325 g/mol. The van der Waals surface area contributed by atoms with E-state index >= 15 is 0 Å². The van der Waals surface area contributed by atoms with Crippen LogP contribution in [0.2, 0.25) is 0 Å². The summed E-state index contributed by atoms with van der Waals surface area (Å²) in [6.45, 7) is 16.9. The molecule has 0 N–H and O–H groups in total. The minimum Gasteiger partial charge on any atom is -0.353 e. The summed E-state index contributed by atoms with van der Waals surface area (Å²) < 4.78 is 0. The topological polar surface area (TPSA) is 3.24 Å². The van der Waals surface area contributed by atoms with E-state index < -0.39 is 0 Å². The molecule has 3 heterocycles. The highest BCUT2D eigenvalue weighted by atomic mass is 32.1. The van der Waals surface area contributed by atoms with Gasteiger partial charge in [-0.1, -0.05) is 45.9 Å². The molecule has 122 valence electrons. The highest BCUT2D eigenvalue weighted by molar-refractivity contribution is 7.10. The van der Waals surface area contributed by atoms with Crippen LogP contribution in [-0.4, -0.2) is 0 Å². The van der Waals surface area contributed by atoms with Crippen LogP contribution in [0.25, 0.3) is 0 Å². The summed E-state index contributed by atoms with van der Waals surface area (Å²) >= 11 is 1.94. The van der Waals surface area contributed by atoms with E-state index in [0.717, 1.165) is 0 Å². The van der Waals surface area contributed by atoms with Gasteiger partial charge in [-0.2, -0.15) is 0 Å². The Kier molecular flexibility index (Phi) is 2.80. The lowest BCUT2D eigenvalue weighted by Gasteiger charge is -2.62. The fraction of sp³-hybridized carbons (Fsp3) is 0.524. The maximum Gasteiger partial charge on any atom is 0.0786 e. The second-order valence-electron chi connectivity index (χ2n) is 8.54. The van der Waals surface area contributed by atoms with Gasteiger partial charge in [0.05, 0.1) is 11.6 Å². The van der Waals surface area contributed by atoms with Crippen LogP contribution in [0, 0.1) is 12.3 Å². The van der Waals surface area contributed by atoms with Crippen LogP contribution in [0.15, 0.2) is 29.6 Å². The van der Waals surface area contributed by atoms with Crippen LogP contribution in [0.4, 0.5) is 5.69 Å². The number of nitrogens with zero attached hydrogens (tertiary/aromatic N) is 1. The van der Waals surface area contributed by atoms with Gasteiger partial charge in [-0.3, -0.25) is 0 Å². The Morgan fingerprint density at radius 1 is 1.04 bits per heavy atom. The molecule has 4 rings (SSSR count). The summed E-state index contributed by atoms with van der Waals surface area (Å²) in [5, 5.41) is 2.28. The number of hydrogen-bond acceptors (Lipinski definition) is 2. The molecule has 1 aromatic heterocycles. The van der Waals surface area contributed by atoms with Gasteiger partial charge in [-0.05, 0) is 54.3 Å². The highest BCUT2D eigenvalue weighted by Crippen LogP contribution is 2.68. The van der Waals surface area contributed by atoms with Gasteiger partial charge in [0.1, 0.15) is 0 Å². The first-order valence-electron chi connectivity index (χ1n) is 8.63. The van der Waals surface area contributed by atoms with Crippen molar-refractivity contribution in [1.29, 1.82) is 0 Å². The van der Waals surface area contributed by atoms with Crippen molar-refractivity contribution >= 4 is 17.0 Å². The maximum atomic E-state index is 2.73. The molecule has 2 aliphatic rings. The third-order valence-corrected chi connectivity index (χ3v) is 8.53. The zero-order chi connectivity index (χ0) is 16.8. The summed E-state index contributed by atoms with van der Waals surface area (Å²) in [6, 6.07) is 9.63. The van der Waals surface area contributed by atoms with Crippen LogP contribution in [0.1, 0.15) is 69.2 Å². The largest absolute Gasteiger partial charge is 0.353 e. The first kappa shape index (κ1) is 15.3. The third kappa shape index (κ3) is 1.45. The molecule has 2 aromatic rings. The maximum absolute atomic E-state index is 2.73. The molecule has 1 aromatic carbocycles. The van der Waals surface area contributed by atoms with E-state index in [1.807, 2.05) is 11.3 Å². The zero-order valence-electron chi connectivity index (χ0n) is 15.3. The lowest BCUT2D eigenvalue weighted by Crippen LogP contribution is -2.61. The van der Waals surface area contributed by atoms with Gasteiger partial charge < -0.3 is 4.90 Å². The fourth-order valence-electron chi connectivity index (χ4n) is 5.11. The molecule has 2 atom stereocenters. The predicted molar refractivity (Wildman–Crippen MR) is 101 cm³/mol. The average molecular weight is 326 g/mol. The van der Waals surface area contributed by atoms with E-state index in [2.05, 4.69) is 83.0 Å². The molecule has 2 aliphatic heterocycles. The van der Waals surface area contributed by atoms with Gasteiger partial charge in [0, 0.05) is 16.0 Å². The molecule has 0 bridgehead atoms. The minimum atomic E-state index is 0.0402. The van der Waals surface area contributed by atoms with E-state index in [-0.39, 0.29) is 16.4 Å². The third-order valence-electron chi connectivity index (χ3n) is 7.39. The Hall–Kier alpha value is -1.28. The average Bonchev–Trinajstić information content (AvgIpc) is 3.03. The minimum absolute atomic E-state index is 0.0402. The Morgan fingerprint density at radius 3 is 2.43 bits per heavy atom. The molecule has 1 nitrogen and oxygen atoms in total. The molecule has 0 saturated carbocycles. The van der Waals surface area contributed by atoms with Gasteiger partial charge in [-0.25, -0.2) is 0 Å². The molecule has 0 spiro atoms. The van der Waals surface area contributed by atoms with Gasteiger partial charge in [0.25, 0.3) is 0 Å². The van der Waals surface area contributed by atoms with Crippen molar-refractivity contribution in [3.05, 3.63) is 51.2 Å². The van der Waals surface area contributed by atoms with E-state index in [0.29, 0.717) is 6.04 Å². The normalized spacial score (nSPS) is 29.9. The van der Waals surface area contributed by atoms with Crippen LogP contribution in [0.5, 0.6) is 0 Å². The predicted octanol–water partition coefficient (Wildman–Crippen LogP) is 6.17. The van der Waals surface area contributed by atoms with Gasteiger partial charge in [-0.15, -0.1) is 11.3 Å². The number of rotatable bonds is 0. The Bertz CT molecular complexity index is 798. The Labute approximate surface area is 144 Å². The van der Waals surface area contributed by atoms with E-state index in [1.54, 1.807) is 4.88 Å². The summed E-state index contributed by atoms with van der Waals surface area (Å²) in [7, 11) is 0. The molecule has 0 amide bonds.